The van der Waals surface area contributed by atoms with E-state index in [1.807, 2.05) is 31.2 Å². The molecule has 3 rings (SSSR count). The lowest BCUT2D eigenvalue weighted by molar-refractivity contribution is -0.157. The molecule has 51 heavy (non-hydrogen) atoms. The number of carbonyl (C=O) groups excluding carboxylic acids is 6. The largest absolute Gasteiger partial charge is 0.460 e. The zero-order chi connectivity index (χ0) is 37.9. The number of benzene rings is 1. The van der Waals surface area contributed by atoms with E-state index >= 15 is 0 Å². The van der Waals surface area contributed by atoms with Crippen LogP contribution in [0.25, 0.3) is 21.3 Å². The average Bonchev–Trinajstić information content (AvgIpc) is 3.71. The van der Waals surface area contributed by atoms with Crippen LogP contribution in [0.2, 0.25) is 0 Å². The maximum Gasteiger partial charge on any atom is 0.308 e. The standard InChI is InChI=1S/C35H51N9O7/c1-7-8-13-25(31(47)42-43-37)39-33(49)29(20(2)3)41-32(48)27-15-11-16-44(27)34(50)26(18-28(45)51-35(4,5)6)40-30(46)23(36)17-21-19-38-24-14-10-9-12-22(21)24/h9-10,12,14,19-20,23,25-27,29,38H,7-8,11,13,15-18,36H2,1-6H3,(H,39,49)(H,40,46)(H,41,48)/t23-,25+,26-,27+,29-/m1/s1. The van der Waals surface area contributed by atoms with E-state index in [-0.39, 0.29) is 25.8 Å². The number of H-pyrrole nitrogens is 1. The molecule has 16 nitrogen and oxygen atoms in total. The molecule has 0 radical (unpaired) electrons. The van der Waals surface area contributed by atoms with E-state index in [0.717, 1.165) is 22.9 Å². The molecule has 1 aromatic carbocycles. The fourth-order valence-corrected chi connectivity index (χ4v) is 5.99. The van der Waals surface area contributed by atoms with Crippen molar-refractivity contribution in [3.8, 4) is 0 Å². The summed E-state index contributed by atoms with van der Waals surface area (Å²) < 4.78 is 5.45. The summed E-state index contributed by atoms with van der Waals surface area (Å²) in [5, 5.41) is 12.0. The Hall–Kier alpha value is -4.95. The zero-order valence-electron chi connectivity index (χ0n) is 30.2. The number of rotatable bonds is 16. The van der Waals surface area contributed by atoms with Gasteiger partial charge in [-0.25, -0.2) is 0 Å². The minimum atomic E-state index is -1.38. The molecule has 5 atom stereocenters. The Bertz CT molecular complexity index is 1630. The number of unbranched alkanes of at least 4 members (excludes halogenated alkanes) is 1. The number of ether oxygens (including phenoxy) is 1. The third-order valence-corrected chi connectivity index (χ3v) is 8.55. The first kappa shape index (κ1) is 40.5. The Labute approximate surface area is 297 Å². The number of hydrogen-bond donors (Lipinski definition) is 5. The van der Waals surface area contributed by atoms with Gasteiger partial charge in [0.25, 0.3) is 0 Å². The smallest absolute Gasteiger partial charge is 0.308 e. The van der Waals surface area contributed by atoms with Crippen LogP contribution in [0.5, 0.6) is 0 Å². The highest BCUT2D eigenvalue weighted by atomic mass is 16.6. The summed E-state index contributed by atoms with van der Waals surface area (Å²) in [6.45, 7) is 10.5. The van der Waals surface area contributed by atoms with Gasteiger partial charge in [-0.15, -0.1) is 0 Å². The molecule has 16 heteroatoms. The minimum Gasteiger partial charge on any atom is -0.460 e. The van der Waals surface area contributed by atoms with E-state index in [1.54, 1.807) is 40.8 Å². The van der Waals surface area contributed by atoms with Gasteiger partial charge in [-0.1, -0.05) is 51.8 Å². The van der Waals surface area contributed by atoms with Crippen LogP contribution >= 0.6 is 0 Å². The lowest BCUT2D eigenvalue weighted by atomic mass is 10.0. The maximum absolute atomic E-state index is 14.1. The Balaban J connectivity index is 1.78. The van der Waals surface area contributed by atoms with Gasteiger partial charge in [0.05, 0.1) is 18.5 Å². The topological polar surface area (TPSA) is 242 Å². The van der Waals surface area contributed by atoms with Crippen LogP contribution < -0.4 is 21.7 Å². The third-order valence-electron chi connectivity index (χ3n) is 8.55. The highest BCUT2D eigenvalue weighted by molar-refractivity contribution is 5.97. The van der Waals surface area contributed by atoms with Crippen molar-refractivity contribution in [2.45, 2.75) is 122 Å². The monoisotopic (exact) mass is 709 g/mol. The molecule has 2 aromatic rings. The van der Waals surface area contributed by atoms with Gasteiger partial charge in [0.1, 0.15) is 23.7 Å². The lowest BCUT2D eigenvalue weighted by Gasteiger charge is -2.31. The number of nitrogens with one attached hydrogen (secondary N) is 4. The van der Waals surface area contributed by atoms with Crippen molar-refractivity contribution >= 4 is 46.4 Å². The molecule has 0 saturated carbocycles. The molecule has 1 aliphatic rings. The van der Waals surface area contributed by atoms with E-state index in [2.05, 4.69) is 31.0 Å². The predicted octanol–water partition coefficient (Wildman–Crippen LogP) is 2.90. The van der Waals surface area contributed by atoms with Gasteiger partial charge < -0.3 is 36.3 Å². The molecule has 1 aromatic heterocycles. The molecule has 0 unspecified atom stereocenters. The lowest BCUT2D eigenvalue weighted by Crippen LogP contribution is -2.59. The van der Waals surface area contributed by atoms with Gasteiger partial charge in [-0.2, -0.15) is 0 Å². The first-order chi connectivity index (χ1) is 24.1. The van der Waals surface area contributed by atoms with E-state index in [4.69, 9.17) is 16.0 Å². The number of likely N-dealkylation sites (tertiary alicyclic amines) is 1. The summed E-state index contributed by atoms with van der Waals surface area (Å²) in [6.07, 6.45) is 3.72. The molecule has 278 valence electrons. The highest BCUT2D eigenvalue weighted by Crippen LogP contribution is 2.22. The second-order valence-corrected chi connectivity index (χ2v) is 14.2. The maximum atomic E-state index is 14.1. The van der Waals surface area contributed by atoms with E-state index in [9.17, 15) is 28.8 Å². The Morgan fingerprint density at radius 3 is 2.41 bits per heavy atom. The number of aromatic nitrogens is 1. The summed E-state index contributed by atoms with van der Waals surface area (Å²) in [7, 11) is 0. The van der Waals surface area contributed by atoms with Crippen molar-refractivity contribution in [1.82, 2.24) is 25.8 Å². The molecule has 0 spiro atoms. The zero-order valence-corrected chi connectivity index (χ0v) is 30.2. The van der Waals surface area contributed by atoms with Crippen LogP contribution in [0, 0.1) is 5.92 Å². The van der Waals surface area contributed by atoms with Crippen LogP contribution in [0.4, 0.5) is 0 Å². The molecule has 0 bridgehead atoms. The fraction of sp³-hybridized carbons (Fsp3) is 0.600. The molecule has 5 amide bonds. The van der Waals surface area contributed by atoms with Crippen molar-refractivity contribution in [2.24, 2.45) is 16.8 Å². The fourth-order valence-electron chi connectivity index (χ4n) is 5.99. The first-order valence-electron chi connectivity index (χ1n) is 17.4. The van der Waals surface area contributed by atoms with E-state index in [0.29, 0.717) is 12.8 Å². The quantitative estimate of drug-likeness (QED) is 0.0749. The molecular weight excluding hydrogens is 658 g/mol. The number of aromatic amines is 1. The Kier molecular flexibility index (Phi) is 14.6. The SMILES string of the molecule is CCCC[C@H](NC(=O)[C@H](NC(=O)[C@@H]1CCCN1C(=O)[C@@H](CC(=O)OC(C)(C)C)NC(=O)[C@H](N)Cc1c[nH]c2ccccc12)C(C)C)C(=O)N=[N+]=[N-]. The third kappa shape index (κ3) is 11.5. The number of para-hydroxylation sites is 1. The molecule has 6 N–H and O–H groups in total. The van der Waals surface area contributed by atoms with Crippen LogP contribution in [-0.2, 0) is 39.9 Å². The van der Waals surface area contributed by atoms with E-state index in [1.165, 1.54) is 4.90 Å². The van der Waals surface area contributed by atoms with Crippen LogP contribution in [-0.4, -0.2) is 87.7 Å². The van der Waals surface area contributed by atoms with Crippen molar-refractivity contribution in [3.05, 3.63) is 46.5 Å². The number of amides is 5. The number of esters is 1. The van der Waals surface area contributed by atoms with Gasteiger partial charge in [0.2, 0.25) is 29.5 Å². The number of hydrogen-bond acceptors (Lipinski definition) is 8. The van der Waals surface area contributed by atoms with E-state index < -0.39 is 83.7 Å². The number of azide groups is 1. The molecule has 2 heterocycles. The van der Waals surface area contributed by atoms with Crippen LogP contribution in [0.3, 0.4) is 0 Å². The molecular formula is C35H51N9O7. The van der Waals surface area contributed by atoms with Gasteiger partial charge >= 0.3 is 5.97 Å². The summed E-state index contributed by atoms with van der Waals surface area (Å²) in [5.74, 6) is -4.56. The Morgan fingerprint density at radius 2 is 1.76 bits per heavy atom. The summed E-state index contributed by atoms with van der Waals surface area (Å²) in [5.41, 5.74) is 15.9. The second kappa shape index (κ2) is 18.3. The number of fused-ring (bicyclic) bond motifs is 1. The summed E-state index contributed by atoms with van der Waals surface area (Å²) >= 11 is 0. The molecule has 1 saturated heterocycles. The number of nitrogens with zero attached hydrogens (tertiary/aromatic N) is 4. The summed E-state index contributed by atoms with van der Waals surface area (Å²) in [4.78, 5) is 86.8. The van der Waals surface area contributed by atoms with Gasteiger partial charge in [0, 0.05) is 28.6 Å². The Morgan fingerprint density at radius 1 is 1.08 bits per heavy atom. The molecule has 1 fully saturated rings. The van der Waals surface area contributed by atoms with Crippen LogP contribution in [0.1, 0.15) is 85.6 Å². The normalized spacial score (nSPS) is 16.8. The second-order valence-electron chi connectivity index (χ2n) is 14.2. The van der Waals surface area contributed by atoms with Gasteiger partial charge in [-0.05, 0) is 74.6 Å². The van der Waals surface area contributed by atoms with Crippen molar-refractivity contribution in [3.63, 3.8) is 0 Å². The van der Waals surface area contributed by atoms with Crippen molar-refractivity contribution < 1.29 is 33.5 Å². The first-order valence-corrected chi connectivity index (χ1v) is 17.4. The average molecular weight is 710 g/mol. The minimum absolute atomic E-state index is 0.157. The number of carbonyl (C=O) groups is 6. The van der Waals surface area contributed by atoms with Gasteiger partial charge in [-0.3, -0.25) is 28.8 Å². The molecule has 1 aliphatic heterocycles. The number of nitrogens with two attached hydrogens (primary N) is 1. The van der Waals surface area contributed by atoms with Crippen LogP contribution in [0.15, 0.2) is 35.6 Å². The predicted molar refractivity (Wildman–Crippen MR) is 189 cm³/mol. The van der Waals surface area contributed by atoms with Gasteiger partial charge in [0.15, 0.2) is 0 Å². The summed E-state index contributed by atoms with van der Waals surface area (Å²) in [6, 6.07) is 1.95. The van der Waals surface area contributed by atoms with Crippen molar-refractivity contribution in [2.75, 3.05) is 6.54 Å². The van der Waals surface area contributed by atoms with Crippen molar-refractivity contribution in [1.29, 1.82) is 0 Å². The highest BCUT2D eigenvalue weighted by Gasteiger charge is 2.41. The molecule has 0 aliphatic carbocycles.